The minimum absolute atomic E-state index is 1.12. The van der Waals surface area contributed by atoms with Crippen LogP contribution in [-0.4, -0.2) is 51.2 Å². The SMILES string of the molecule is CCN1CCc2c1cccc2N1CCN(C)CC1. The molecule has 2 aliphatic rings. The molecule has 0 aliphatic carbocycles. The number of likely N-dealkylation sites (N-methyl/N-ethyl adjacent to an activating group) is 2. The van der Waals surface area contributed by atoms with Crippen LogP contribution in [0.15, 0.2) is 18.2 Å². The summed E-state index contributed by atoms with van der Waals surface area (Å²) in [5.74, 6) is 0. The Morgan fingerprint density at radius 2 is 1.72 bits per heavy atom. The van der Waals surface area contributed by atoms with Crippen LogP contribution >= 0.6 is 0 Å². The smallest absolute Gasteiger partial charge is 0.0421 e. The molecule has 0 spiro atoms. The van der Waals surface area contributed by atoms with Gasteiger partial charge in [-0.3, -0.25) is 0 Å². The summed E-state index contributed by atoms with van der Waals surface area (Å²) in [5.41, 5.74) is 4.52. The first-order valence-corrected chi connectivity index (χ1v) is 7.10. The Morgan fingerprint density at radius 3 is 2.44 bits per heavy atom. The molecule has 1 saturated heterocycles. The molecule has 0 atom stereocenters. The lowest BCUT2D eigenvalue weighted by molar-refractivity contribution is 0.312. The standard InChI is InChI=1S/C15H23N3/c1-3-17-8-7-13-14(17)5-4-6-15(13)18-11-9-16(2)10-12-18/h4-6H,3,7-12H2,1-2H3. The van der Waals surface area contributed by atoms with E-state index >= 15 is 0 Å². The van der Waals surface area contributed by atoms with E-state index in [4.69, 9.17) is 0 Å². The van der Waals surface area contributed by atoms with Gasteiger partial charge in [-0.15, -0.1) is 0 Å². The van der Waals surface area contributed by atoms with Crippen molar-refractivity contribution in [2.75, 3.05) is 56.1 Å². The molecule has 0 bridgehead atoms. The number of anilines is 2. The molecule has 2 aliphatic heterocycles. The Bertz CT molecular complexity index is 422. The second kappa shape index (κ2) is 4.81. The van der Waals surface area contributed by atoms with Crippen molar-refractivity contribution in [3.63, 3.8) is 0 Å². The maximum Gasteiger partial charge on any atom is 0.0421 e. The zero-order valence-corrected chi connectivity index (χ0v) is 11.5. The van der Waals surface area contributed by atoms with E-state index in [0.29, 0.717) is 0 Å². The van der Waals surface area contributed by atoms with Gasteiger partial charge in [0.2, 0.25) is 0 Å². The van der Waals surface area contributed by atoms with Crippen LogP contribution in [0.4, 0.5) is 11.4 Å². The number of benzene rings is 1. The quantitative estimate of drug-likeness (QED) is 0.787. The average Bonchev–Trinajstić information content (AvgIpc) is 2.82. The second-order valence-corrected chi connectivity index (χ2v) is 5.39. The van der Waals surface area contributed by atoms with E-state index in [9.17, 15) is 0 Å². The summed E-state index contributed by atoms with van der Waals surface area (Å²) in [4.78, 5) is 7.48. The van der Waals surface area contributed by atoms with Crippen LogP contribution in [0.5, 0.6) is 0 Å². The highest BCUT2D eigenvalue weighted by molar-refractivity contribution is 5.70. The van der Waals surface area contributed by atoms with E-state index in [1.54, 1.807) is 5.56 Å². The first kappa shape index (κ1) is 11.8. The van der Waals surface area contributed by atoms with Crippen LogP contribution in [0.3, 0.4) is 0 Å². The van der Waals surface area contributed by atoms with Crippen LogP contribution in [0, 0.1) is 0 Å². The minimum atomic E-state index is 1.12. The molecule has 98 valence electrons. The predicted molar refractivity (Wildman–Crippen MR) is 77.7 cm³/mol. The molecule has 3 rings (SSSR count). The van der Waals surface area contributed by atoms with Crippen LogP contribution in [-0.2, 0) is 6.42 Å². The van der Waals surface area contributed by atoms with E-state index < -0.39 is 0 Å². The summed E-state index contributed by atoms with van der Waals surface area (Å²) in [6.45, 7) is 9.26. The highest BCUT2D eigenvalue weighted by Crippen LogP contribution is 2.35. The van der Waals surface area contributed by atoms with Crippen molar-refractivity contribution in [2.24, 2.45) is 0 Å². The summed E-state index contributed by atoms with van der Waals surface area (Å²) in [5, 5.41) is 0. The van der Waals surface area contributed by atoms with Gasteiger partial charge in [-0.25, -0.2) is 0 Å². The Balaban J connectivity index is 1.87. The van der Waals surface area contributed by atoms with E-state index in [2.05, 4.69) is 46.9 Å². The summed E-state index contributed by atoms with van der Waals surface area (Å²) < 4.78 is 0. The Kier molecular flexibility index (Phi) is 3.16. The van der Waals surface area contributed by atoms with Gasteiger partial charge < -0.3 is 14.7 Å². The van der Waals surface area contributed by atoms with Crippen molar-refractivity contribution >= 4 is 11.4 Å². The van der Waals surface area contributed by atoms with Gasteiger partial charge in [0.1, 0.15) is 0 Å². The van der Waals surface area contributed by atoms with E-state index in [-0.39, 0.29) is 0 Å². The molecule has 0 saturated carbocycles. The minimum Gasteiger partial charge on any atom is -0.371 e. The van der Waals surface area contributed by atoms with Crippen molar-refractivity contribution in [1.82, 2.24) is 4.90 Å². The fourth-order valence-corrected chi connectivity index (χ4v) is 3.15. The first-order valence-electron chi connectivity index (χ1n) is 7.10. The third kappa shape index (κ3) is 1.97. The third-order valence-electron chi connectivity index (χ3n) is 4.32. The summed E-state index contributed by atoms with van der Waals surface area (Å²) >= 11 is 0. The van der Waals surface area contributed by atoms with Gasteiger partial charge in [0.05, 0.1) is 0 Å². The maximum absolute atomic E-state index is 2.57. The van der Waals surface area contributed by atoms with Crippen molar-refractivity contribution < 1.29 is 0 Å². The number of nitrogens with zero attached hydrogens (tertiary/aromatic N) is 3. The number of hydrogen-bond acceptors (Lipinski definition) is 3. The number of rotatable bonds is 2. The molecular weight excluding hydrogens is 222 g/mol. The van der Waals surface area contributed by atoms with Crippen molar-refractivity contribution in [1.29, 1.82) is 0 Å². The molecule has 0 unspecified atom stereocenters. The van der Waals surface area contributed by atoms with Crippen molar-refractivity contribution in [3.05, 3.63) is 23.8 Å². The largest absolute Gasteiger partial charge is 0.371 e. The predicted octanol–water partition coefficient (Wildman–Crippen LogP) is 1.82. The van der Waals surface area contributed by atoms with Gasteiger partial charge in [0.15, 0.2) is 0 Å². The zero-order chi connectivity index (χ0) is 12.5. The van der Waals surface area contributed by atoms with Crippen molar-refractivity contribution in [3.8, 4) is 0 Å². The van der Waals surface area contributed by atoms with Gasteiger partial charge in [0, 0.05) is 56.2 Å². The highest BCUT2D eigenvalue weighted by atomic mass is 15.3. The van der Waals surface area contributed by atoms with Gasteiger partial charge in [-0.05, 0) is 32.5 Å². The summed E-state index contributed by atoms with van der Waals surface area (Å²) in [6.07, 6.45) is 1.21. The van der Waals surface area contributed by atoms with E-state index in [1.807, 2.05) is 0 Å². The van der Waals surface area contributed by atoms with Crippen LogP contribution < -0.4 is 9.80 Å². The van der Waals surface area contributed by atoms with E-state index in [1.165, 1.54) is 50.5 Å². The number of fused-ring (bicyclic) bond motifs is 1. The molecule has 0 radical (unpaired) electrons. The normalized spacial score (nSPS) is 20.3. The molecule has 3 heteroatoms. The molecule has 3 nitrogen and oxygen atoms in total. The average molecular weight is 245 g/mol. The fourth-order valence-electron chi connectivity index (χ4n) is 3.15. The molecular formula is C15H23N3. The van der Waals surface area contributed by atoms with Crippen LogP contribution in [0.1, 0.15) is 12.5 Å². The van der Waals surface area contributed by atoms with Crippen molar-refractivity contribution in [2.45, 2.75) is 13.3 Å². The molecule has 2 heterocycles. The molecule has 1 fully saturated rings. The van der Waals surface area contributed by atoms with Gasteiger partial charge in [-0.1, -0.05) is 6.07 Å². The van der Waals surface area contributed by atoms with Gasteiger partial charge in [0.25, 0.3) is 0 Å². The van der Waals surface area contributed by atoms with Crippen LogP contribution in [0.2, 0.25) is 0 Å². The third-order valence-corrected chi connectivity index (χ3v) is 4.32. The summed E-state index contributed by atoms with van der Waals surface area (Å²) in [6, 6.07) is 6.81. The second-order valence-electron chi connectivity index (χ2n) is 5.39. The first-order chi connectivity index (χ1) is 8.79. The Labute approximate surface area is 110 Å². The van der Waals surface area contributed by atoms with Gasteiger partial charge in [-0.2, -0.15) is 0 Å². The fraction of sp³-hybridized carbons (Fsp3) is 0.600. The van der Waals surface area contributed by atoms with Crippen LogP contribution in [0.25, 0.3) is 0 Å². The molecule has 1 aromatic carbocycles. The topological polar surface area (TPSA) is 9.72 Å². The molecule has 0 N–H and O–H groups in total. The maximum atomic E-state index is 2.57. The van der Waals surface area contributed by atoms with E-state index in [0.717, 1.165) is 6.54 Å². The zero-order valence-electron chi connectivity index (χ0n) is 11.5. The lowest BCUT2D eigenvalue weighted by atomic mass is 10.1. The lowest BCUT2D eigenvalue weighted by Crippen LogP contribution is -2.44. The molecule has 0 aromatic heterocycles. The lowest BCUT2D eigenvalue weighted by Gasteiger charge is -2.35. The molecule has 1 aromatic rings. The number of hydrogen-bond donors (Lipinski definition) is 0. The van der Waals surface area contributed by atoms with Gasteiger partial charge >= 0.3 is 0 Å². The highest BCUT2D eigenvalue weighted by Gasteiger charge is 2.24. The Morgan fingerprint density at radius 1 is 1.00 bits per heavy atom. The Hall–Kier alpha value is -1.22. The molecule has 0 amide bonds. The summed E-state index contributed by atoms with van der Waals surface area (Å²) in [7, 11) is 2.21. The monoisotopic (exact) mass is 245 g/mol. The number of piperazine rings is 1. The molecule has 18 heavy (non-hydrogen) atoms.